The first-order chi connectivity index (χ1) is 9.82. The molecule has 21 heavy (non-hydrogen) atoms. The fraction of sp³-hybridized carbons (Fsp3) is 0.471. The van der Waals surface area contributed by atoms with E-state index in [1.807, 2.05) is 0 Å². The molecule has 3 nitrogen and oxygen atoms in total. The Morgan fingerprint density at radius 2 is 1.76 bits per heavy atom. The van der Waals surface area contributed by atoms with Gasteiger partial charge in [0.05, 0.1) is 22.8 Å². The number of aryl methyl sites for hydroxylation is 2. The van der Waals surface area contributed by atoms with E-state index in [0.717, 1.165) is 12.2 Å². The fourth-order valence-electron chi connectivity index (χ4n) is 2.42. The molecule has 1 aromatic heterocycles. The van der Waals surface area contributed by atoms with Gasteiger partial charge in [0, 0.05) is 16.9 Å². The van der Waals surface area contributed by atoms with Gasteiger partial charge in [0.2, 0.25) is 0 Å². The van der Waals surface area contributed by atoms with Crippen molar-refractivity contribution in [2.75, 3.05) is 6.54 Å². The van der Waals surface area contributed by atoms with Crippen LogP contribution in [0.15, 0.2) is 34.1 Å². The van der Waals surface area contributed by atoms with Gasteiger partial charge in [-0.2, -0.15) is 5.10 Å². The molecule has 0 spiro atoms. The molecule has 0 saturated heterocycles. The molecular weight excluding hydrogens is 278 g/mol. The van der Waals surface area contributed by atoms with Crippen LogP contribution < -0.4 is 5.73 Å². The van der Waals surface area contributed by atoms with E-state index in [-0.39, 0.29) is 5.41 Å². The first-order valence-corrected chi connectivity index (χ1v) is 8.17. The maximum absolute atomic E-state index is 5.73. The summed E-state index contributed by atoms with van der Waals surface area (Å²) in [5.41, 5.74) is 9.42. The maximum Gasteiger partial charge on any atom is 0.0736 e. The van der Waals surface area contributed by atoms with E-state index in [0.29, 0.717) is 6.54 Å². The van der Waals surface area contributed by atoms with E-state index in [4.69, 9.17) is 10.8 Å². The third kappa shape index (κ3) is 3.69. The lowest BCUT2D eigenvalue weighted by Crippen LogP contribution is -2.22. The van der Waals surface area contributed by atoms with Crippen LogP contribution in [0.5, 0.6) is 0 Å². The Hall–Kier alpha value is -1.26. The van der Waals surface area contributed by atoms with E-state index in [1.165, 1.54) is 21.0 Å². The number of benzene rings is 1. The molecule has 4 heteroatoms. The summed E-state index contributed by atoms with van der Waals surface area (Å²) in [4.78, 5) is 2.52. The predicted molar refractivity (Wildman–Crippen MR) is 90.0 cm³/mol. The van der Waals surface area contributed by atoms with Gasteiger partial charge in [-0.1, -0.05) is 50.2 Å². The topological polar surface area (TPSA) is 43.8 Å². The van der Waals surface area contributed by atoms with Gasteiger partial charge in [-0.15, -0.1) is 0 Å². The molecule has 1 heterocycles. The average molecular weight is 303 g/mol. The Labute approximate surface area is 131 Å². The Bertz CT molecular complexity index is 606. The summed E-state index contributed by atoms with van der Waals surface area (Å²) in [5.74, 6) is 0. The Morgan fingerprint density at radius 1 is 1.14 bits per heavy atom. The molecule has 0 unspecified atom stereocenters. The molecule has 0 atom stereocenters. The van der Waals surface area contributed by atoms with Gasteiger partial charge in [0.15, 0.2) is 0 Å². The largest absolute Gasteiger partial charge is 0.329 e. The van der Waals surface area contributed by atoms with Gasteiger partial charge in [-0.3, -0.25) is 4.68 Å². The molecule has 2 aromatic rings. The standard InChI is InChI=1S/C17H25N3S/c1-12-6-8-14(9-7-12)21-15-13(2)19-20(11-10-18)16(15)17(3,4)5/h6-9H,10-11,18H2,1-5H3. The highest BCUT2D eigenvalue weighted by Crippen LogP contribution is 2.38. The Kier molecular flexibility index (Phi) is 4.79. The molecule has 2 N–H and O–H groups in total. The van der Waals surface area contributed by atoms with Crippen LogP contribution in [-0.4, -0.2) is 16.3 Å². The van der Waals surface area contributed by atoms with Crippen molar-refractivity contribution in [2.24, 2.45) is 5.73 Å². The highest BCUT2D eigenvalue weighted by molar-refractivity contribution is 7.99. The maximum atomic E-state index is 5.73. The monoisotopic (exact) mass is 303 g/mol. The number of rotatable bonds is 4. The van der Waals surface area contributed by atoms with Crippen LogP contribution in [-0.2, 0) is 12.0 Å². The molecule has 0 aliphatic rings. The minimum atomic E-state index is 0.0451. The van der Waals surface area contributed by atoms with Crippen LogP contribution in [0.4, 0.5) is 0 Å². The third-order valence-electron chi connectivity index (χ3n) is 3.36. The van der Waals surface area contributed by atoms with E-state index in [9.17, 15) is 0 Å². The number of nitrogens with two attached hydrogens (primary N) is 1. The quantitative estimate of drug-likeness (QED) is 0.931. The van der Waals surface area contributed by atoms with Crippen LogP contribution in [0.3, 0.4) is 0 Å². The highest BCUT2D eigenvalue weighted by Gasteiger charge is 2.26. The normalized spacial score (nSPS) is 11.9. The van der Waals surface area contributed by atoms with Crippen molar-refractivity contribution in [3.05, 3.63) is 41.2 Å². The molecule has 0 saturated carbocycles. The molecular formula is C17H25N3S. The predicted octanol–water partition coefficient (Wildman–Crippen LogP) is 3.91. The summed E-state index contributed by atoms with van der Waals surface area (Å²) >= 11 is 1.80. The summed E-state index contributed by atoms with van der Waals surface area (Å²) in [6.07, 6.45) is 0. The zero-order valence-corrected chi connectivity index (χ0v) is 14.4. The number of hydrogen-bond acceptors (Lipinski definition) is 3. The van der Waals surface area contributed by atoms with Gasteiger partial charge in [0.1, 0.15) is 0 Å². The van der Waals surface area contributed by atoms with Crippen molar-refractivity contribution in [2.45, 2.75) is 56.4 Å². The van der Waals surface area contributed by atoms with E-state index in [2.05, 4.69) is 63.6 Å². The van der Waals surface area contributed by atoms with E-state index in [1.54, 1.807) is 11.8 Å². The van der Waals surface area contributed by atoms with Crippen LogP contribution in [0.1, 0.15) is 37.7 Å². The fourth-order valence-corrected chi connectivity index (χ4v) is 3.63. The van der Waals surface area contributed by atoms with E-state index < -0.39 is 0 Å². The van der Waals surface area contributed by atoms with Crippen molar-refractivity contribution in [1.29, 1.82) is 0 Å². The van der Waals surface area contributed by atoms with E-state index >= 15 is 0 Å². The smallest absolute Gasteiger partial charge is 0.0736 e. The molecule has 0 aliphatic heterocycles. The SMILES string of the molecule is Cc1ccc(Sc2c(C)nn(CCN)c2C(C)(C)C)cc1. The Balaban J connectivity index is 2.44. The zero-order valence-electron chi connectivity index (χ0n) is 13.6. The van der Waals surface area contributed by atoms with Crippen LogP contribution >= 0.6 is 11.8 Å². The second-order valence-electron chi connectivity index (χ2n) is 6.44. The van der Waals surface area contributed by atoms with Crippen molar-refractivity contribution in [3.8, 4) is 0 Å². The minimum Gasteiger partial charge on any atom is -0.329 e. The second kappa shape index (κ2) is 6.24. The summed E-state index contributed by atoms with van der Waals surface area (Å²) in [5, 5.41) is 4.70. The molecule has 0 radical (unpaired) electrons. The van der Waals surface area contributed by atoms with Crippen molar-refractivity contribution in [1.82, 2.24) is 9.78 Å². The summed E-state index contributed by atoms with van der Waals surface area (Å²) in [6, 6.07) is 8.65. The van der Waals surface area contributed by atoms with Gasteiger partial charge in [-0.05, 0) is 26.0 Å². The molecule has 0 aliphatic carbocycles. The van der Waals surface area contributed by atoms with Gasteiger partial charge in [-0.25, -0.2) is 0 Å². The molecule has 0 bridgehead atoms. The zero-order chi connectivity index (χ0) is 15.6. The minimum absolute atomic E-state index is 0.0451. The van der Waals surface area contributed by atoms with Gasteiger partial charge in [0.25, 0.3) is 0 Å². The van der Waals surface area contributed by atoms with Crippen molar-refractivity contribution < 1.29 is 0 Å². The van der Waals surface area contributed by atoms with Crippen LogP contribution in [0.25, 0.3) is 0 Å². The average Bonchev–Trinajstić information content (AvgIpc) is 2.69. The van der Waals surface area contributed by atoms with Crippen molar-refractivity contribution >= 4 is 11.8 Å². The second-order valence-corrected chi connectivity index (χ2v) is 7.52. The van der Waals surface area contributed by atoms with Crippen molar-refractivity contribution in [3.63, 3.8) is 0 Å². The van der Waals surface area contributed by atoms with Crippen LogP contribution in [0.2, 0.25) is 0 Å². The number of aromatic nitrogens is 2. The van der Waals surface area contributed by atoms with Crippen LogP contribution in [0, 0.1) is 13.8 Å². The first kappa shape index (κ1) is 16.1. The third-order valence-corrected chi connectivity index (χ3v) is 4.57. The Morgan fingerprint density at radius 3 is 2.29 bits per heavy atom. The lowest BCUT2D eigenvalue weighted by Gasteiger charge is -2.22. The summed E-state index contributed by atoms with van der Waals surface area (Å²) in [7, 11) is 0. The molecule has 0 amide bonds. The molecule has 114 valence electrons. The number of nitrogens with zero attached hydrogens (tertiary/aromatic N) is 2. The molecule has 1 aromatic carbocycles. The molecule has 0 fully saturated rings. The summed E-state index contributed by atoms with van der Waals surface area (Å²) < 4.78 is 2.08. The highest BCUT2D eigenvalue weighted by atomic mass is 32.2. The van der Waals surface area contributed by atoms with Gasteiger partial charge < -0.3 is 5.73 Å². The first-order valence-electron chi connectivity index (χ1n) is 7.35. The molecule has 2 rings (SSSR count). The number of hydrogen-bond donors (Lipinski definition) is 1. The van der Waals surface area contributed by atoms with Gasteiger partial charge >= 0.3 is 0 Å². The summed E-state index contributed by atoms with van der Waals surface area (Å²) in [6.45, 7) is 12.3. The lowest BCUT2D eigenvalue weighted by atomic mass is 9.91. The lowest BCUT2D eigenvalue weighted by molar-refractivity contribution is 0.481.